The molecule has 2 heterocycles. The molecule has 0 saturated carbocycles. The Morgan fingerprint density at radius 2 is 2.33 bits per heavy atom. The van der Waals surface area contributed by atoms with Crippen LogP contribution in [-0.2, 0) is 0 Å². The summed E-state index contributed by atoms with van der Waals surface area (Å²) in [5, 5.41) is 8.86. The Balaban J connectivity index is 2.56. The van der Waals surface area contributed by atoms with Crippen LogP contribution in [0.25, 0.3) is 5.95 Å². The SMILES string of the molecule is Cc1nc(-n2cccc2C#N)ncc1Br. The summed E-state index contributed by atoms with van der Waals surface area (Å²) in [5.74, 6) is 0.511. The largest absolute Gasteiger partial charge is 0.276 e. The summed E-state index contributed by atoms with van der Waals surface area (Å²) in [5.41, 5.74) is 1.37. The topological polar surface area (TPSA) is 54.5 Å². The predicted molar refractivity (Wildman–Crippen MR) is 58.5 cm³/mol. The van der Waals surface area contributed by atoms with Crippen molar-refractivity contribution >= 4 is 15.9 Å². The van der Waals surface area contributed by atoms with Crippen LogP contribution in [0.15, 0.2) is 29.0 Å². The Bertz CT molecular complexity index is 539. The van der Waals surface area contributed by atoms with Crippen molar-refractivity contribution in [2.75, 3.05) is 0 Å². The van der Waals surface area contributed by atoms with E-state index >= 15 is 0 Å². The Hall–Kier alpha value is -1.67. The van der Waals surface area contributed by atoms with Gasteiger partial charge in [0, 0.05) is 12.4 Å². The van der Waals surface area contributed by atoms with Gasteiger partial charge in [-0.1, -0.05) is 0 Å². The zero-order chi connectivity index (χ0) is 10.8. The van der Waals surface area contributed by atoms with Gasteiger partial charge in [-0.25, -0.2) is 9.97 Å². The second kappa shape index (κ2) is 3.83. The molecule has 0 aliphatic heterocycles. The summed E-state index contributed by atoms with van der Waals surface area (Å²) < 4.78 is 2.51. The second-order valence-electron chi connectivity index (χ2n) is 2.98. The molecule has 0 aromatic carbocycles. The van der Waals surface area contributed by atoms with E-state index < -0.39 is 0 Å². The number of aryl methyl sites for hydroxylation is 1. The Morgan fingerprint density at radius 3 is 3.00 bits per heavy atom. The third-order valence-electron chi connectivity index (χ3n) is 1.99. The van der Waals surface area contributed by atoms with Gasteiger partial charge in [0.25, 0.3) is 0 Å². The number of rotatable bonds is 1. The fourth-order valence-electron chi connectivity index (χ4n) is 1.20. The maximum Gasteiger partial charge on any atom is 0.234 e. The van der Waals surface area contributed by atoms with Gasteiger partial charge >= 0.3 is 0 Å². The highest BCUT2D eigenvalue weighted by atomic mass is 79.9. The van der Waals surface area contributed by atoms with Gasteiger partial charge in [-0.3, -0.25) is 4.57 Å². The quantitative estimate of drug-likeness (QED) is 0.792. The normalized spacial score (nSPS) is 9.93. The van der Waals surface area contributed by atoms with E-state index in [-0.39, 0.29) is 0 Å². The first-order valence-electron chi connectivity index (χ1n) is 4.29. The van der Waals surface area contributed by atoms with E-state index in [4.69, 9.17) is 5.26 Å². The van der Waals surface area contributed by atoms with Crippen LogP contribution in [0.3, 0.4) is 0 Å². The standard InChI is InChI=1S/C10H7BrN4/c1-7-9(11)6-13-10(14-7)15-4-2-3-8(15)5-12/h2-4,6H,1H3. The summed E-state index contributed by atoms with van der Waals surface area (Å²) in [6.07, 6.45) is 3.44. The van der Waals surface area contributed by atoms with Gasteiger partial charge in [-0.05, 0) is 35.0 Å². The molecule has 0 N–H and O–H groups in total. The Morgan fingerprint density at radius 1 is 1.53 bits per heavy atom. The van der Waals surface area contributed by atoms with E-state index in [1.165, 1.54) is 0 Å². The van der Waals surface area contributed by atoms with Crippen LogP contribution in [0.2, 0.25) is 0 Å². The maximum absolute atomic E-state index is 8.86. The smallest absolute Gasteiger partial charge is 0.234 e. The number of hydrogen-bond donors (Lipinski definition) is 0. The van der Waals surface area contributed by atoms with Crippen LogP contribution < -0.4 is 0 Å². The van der Waals surface area contributed by atoms with Gasteiger partial charge in [-0.2, -0.15) is 5.26 Å². The molecule has 0 bridgehead atoms. The lowest BCUT2D eigenvalue weighted by atomic mass is 10.4. The van der Waals surface area contributed by atoms with Crippen molar-refractivity contribution in [1.29, 1.82) is 5.26 Å². The molecule has 2 aromatic heterocycles. The van der Waals surface area contributed by atoms with Gasteiger partial charge in [0.2, 0.25) is 5.95 Å². The highest BCUT2D eigenvalue weighted by Crippen LogP contribution is 2.14. The maximum atomic E-state index is 8.86. The van der Waals surface area contributed by atoms with Crippen LogP contribution >= 0.6 is 15.9 Å². The summed E-state index contributed by atoms with van der Waals surface area (Å²) in [4.78, 5) is 8.42. The molecule has 15 heavy (non-hydrogen) atoms. The number of nitriles is 1. The van der Waals surface area contributed by atoms with E-state index in [1.807, 2.05) is 6.92 Å². The van der Waals surface area contributed by atoms with Gasteiger partial charge in [0.1, 0.15) is 11.8 Å². The molecule has 2 aromatic rings. The summed E-state index contributed by atoms with van der Waals surface area (Å²) in [6, 6.07) is 5.59. The Kier molecular flexibility index (Phi) is 2.52. The average Bonchev–Trinajstić information content (AvgIpc) is 2.70. The molecule has 0 saturated heterocycles. The molecule has 0 fully saturated rings. The first-order chi connectivity index (χ1) is 7.22. The van der Waals surface area contributed by atoms with E-state index in [1.54, 1.807) is 29.1 Å². The van der Waals surface area contributed by atoms with Crippen molar-refractivity contribution in [2.45, 2.75) is 6.92 Å². The predicted octanol–water partition coefficient (Wildman–Crippen LogP) is 2.21. The highest BCUT2D eigenvalue weighted by Gasteiger charge is 2.06. The van der Waals surface area contributed by atoms with Crippen molar-refractivity contribution in [3.8, 4) is 12.0 Å². The zero-order valence-electron chi connectivity index (χ0n) is 7.98. The fourth-order valence-corrected chi connectivity index (χ4v) is 1.39. The minimum Gasteiger partial charge on any atom is -0.276 e. The molecule has 0 unspecified atom stereocenters. The number of nitrogens with zero attached hydrogens (tertiary/aromatic N) is 4. The molecular formula is C10H7BrN4. The molecule has 0 aliphatic rings. The molecule has 2 rings (SSSR count). The van der Waals surface area contributed by atoms with Crippen molar-refractivity contribution in [1.82, 2.24) is 14.5 Å². The molecule has 0 spiro atoms. The third-order valence-corrected chi connectivity index (χ3v) is 2.76. The highest BCUT2D eigenvalue weighted by molar-refractivity contribution is 9.10. The van der Waals surface area contributed by atoms with Gasteiger partial charge in [0.15, 0.2) is 0 Å². The van der Waals surface area contributed by atoms with Crippen molar-refractivity contribution in [2.24, 2.45) is 0 Å². The molecule has 5 heteroatoms. The van der Waals surface area contributed by atoms with Crippen LogP contribution in [0.5, 0.6) is 0 Å². The fraction of sp³-hybridized carbons (Fsp3) is 0.100. The van der Waals surface area contributed by atoms with Gasteiger partial charge in [-0.15, -0.1) is 0 Å². The Labute approximate surface area is 95.3 Å². The molecule has 74 valence electrons. The summed E-state index contributed by atoms with van der Waals surface area (Å²) in [6.45, 7) is 1.88. The van der Waals surface area contributed by atoms with Crippen molar-refractivity contribution in [3.05, 3.63) is 40.4 Å². The van der Waals surface area contributed by atoms with E-state index in [9.17, 15) is 0 Å². The lowest BCUT2D eigenvalue weighted by Crippen LogP contribution is -2.03. The van der Waals surface area contributed by atoms with Gasteiger partial charge < -0.3 is 0 Å². The number of aromatic nitrogens is 3. The zero-order valence-corrected chi connectivity index (χ0v) is 9.56. The first-order valence-corrected chi connectivity index (χ1v) is 5.08. The van der Waals surface area contributed by atoms with Crippen LogP contribution in [0.4, 0.5) is 0 Å². The third kappa shape index (κ3) is 1.76. The number of hydrogen-bond acceptors (Lipinski definition) is 3. The molecule has 0 radical (unpaired) electrons. The molecule has 0 aliphatic carbocycles. The van der Waals surface area contributed by atoms with Crippen LogP contribution in [0, 0.1) is 18.3 Å². The molecule has 4 nitrogen and oxygen atoms in total. The van der Waals surface area contributed by atoms with Crippen LogP contribution in [0.1, 0.15) is 11.4 Å². The van der Waals surface area contributed by atoms with E-state index in [0.717, 1.165) is 10.2 Å². The first kappa shape index (κ1) is 9.87. The summed E-state index contributed by atoms with van der Waals surface area (Å²) >= 11 is 3.33. The molecule has 0 atom stereocenters. The minimum atomic E-state index is 0.511. The van der Waals surface area contributed by atoms with Crippen LogP contribution in [-0.4, -0.2) is 14.5 Å². The van der Waals surface area contributed by atoms with Crippen molar-refractivity contribution in [3.63, 3.8) is 0 Å². The molecule has 0 amide bonds. The number of halogens is 1. The van der Waals surface area contributed by atoms with E-state index in [2.05, 4.69) is 32.0 Å². The molecular weight excluding hydrogens is 256 g/mol. The monoisotopic (exact) mass is 262 g/mol. The average molecular weight is 263 g/mol. The second-order valence-corrected chi connectivity index (χ2v) is 3.83. The van der Waals surface area contributed by atoms with Crippen molar-refractivity contribution < 1.29 is 0 Å². The summed E-state index contributed by atoms with van der Waals surface area (Å²) in [7, 11) is 0. The van der Waals surface area contributed by atoms with E-state index in [0.29, 0.717) is 11.6 Å². The minimum absolute atomic E-state index is 0.511. The van der Waals surface area contributed by atoms with Gasteiger partial charge in [0.05, 0.1) is 10.2 Å². The lowest BCUT2D eigenvalue weighted by molar-refractivity contribution is 0.901. The lowest BCUT2D eigenvalue weighted by Gasteiger charge is -2.04.